The predicted molar refractivity (Wildman–Crippen MR) is 75.1 cm³/mol. The number of carboxylic acid groups (broad SMARTS) is 1. The summed E-state index contributed by atoms with van der Waals surface area (Å²) in [5.74, 6) is 0.606. The number of hydrogen-bond donors (Lipinski definition) is 1. The van der Waals surface area contributed by atoms with E-state index in [-0.39, 0.29) is 0 Å². The maximum Gasteiger partial charge on any atom is 0.311 e. The normalized spacial score (nSPS) is 22.1. The molecule has 0 amide bonds. The molecule has 2 rings (SSSR count). The van der Waals surface area contributed by atoms with Gasteiger partial charge in [0.15, 0.2) is 0 Å². The Hall–Kier alpha value is -1.85. The molecule has 110 valence electrons. The van der Waals surface area contributed by atoms with E-state index in [9.17, 15) is 9.90 Å². The van der Waals surface area contributed by atoms with Crippen molar-refractivity contribution in [3.63, 3.8) is 0 Å². The second-order valence-corrected chi connectivity index (χ2v) is 5.34. The van der Waals surface area contributed by atoms with Crippen molar-refractivity contribution in [2.75, 3.05) is 25.1 Å². The second-order valence-electron chi connectivity index (χ2n) is 5.34. The smallest absolute Gasteiger partial charge is 0.311 e. The average molecular weight is 279 g/mol. The number of aliphatic carboxylic acids is 1. The van der Waals surface area contributed by atoms with Gasteiger partial charge in [0.1, 0.15) is 12.1 Å². The van der Waals surface area contributed by atoms with Crippen molar-refractivity contribution in [1.29, 1.82) is 0 Å². The van der Waals surface area contributed by atoms with E-state index in [1.54, 1.807) is 7.11 Å². The SMILES string of the molecule is CCCC1(C(=O)O)CCN(c2ncnc(OC)c2C)C1. The van der Waals surface area contributed by atoms with E-state index in [0.717, 1.165) is 17.8 Å². The van der Waals surface area contributed by atoms with Crippen LogP contribution in [0, 0.1) is 12.3 Å². The molecule has 20 heavy (non-hydrogen) atoms. The fourth-order valence-corrected chi connectivity index (χ4v) is 2.97. The van der Waals surface area contributed by atoms with Gasteiger partial charge in [-0.1, -0.05) is 13.3 Å². The zero-order valence-corrected chi connectivity index (χ0v) is 12.2. The van der Waals surface area contributed by atoms with Gasteiger partial charge < -0.3 is 14.7 Å². The van der Waals surface area contributed by atoms with E-state index in [4.69, 9.17) is 4.74 Å². The largest absolute Gasteiger partial charge is 0.481 e. The molecule has 0 radical (unpaired) electrons. The third-order valence-corrected chi connectivity index (χ3v) is 4.04. The highest BCUT2D eigenvalue weighted by Gasteiger charge is 2.44. The molecule has 1 fully saturated rings. The van der Waals surface area contributed by atoms with Crippen LogP contribution < -0.4 is 9.64 Å². The fourth-order valence-electron chi connectivity index (χ4n) is 2.97. The van der Waals surface area contributed by atoms with Gasteiger partial charge in [-0.2, -0.15) is 0 Å². The van der Waals surface area contributed by atoms with Crippen molar-refractivity contribution in [2.45, 2.75) is 33.1 Å². The quantitative estimate of drug-likeness (QED) is 0.887. The van der Waals surface area contributed by atoms with Crippen molar-refractivity contribution < 1.29 is 14.6 Å². The van der Waals surface area contributed by atoms with Crippen LogP contribution in [-0.4, -0.2) is 41.2 Å². The van der Waals surface area contributed by atoms with Gasteiger partial charge in [0.2, 0.25) is 5.88 Å². The van der Waals surface area contributed by atoms with E-state index in [2.05, 4.69) is 9.97 Å². The molecule has 0 bridgehead atoms. The minimum absolute atomic E-state index is 0.497. The van der Waals surface area contributed by atoms with Crippen LogP contribution >= 0.6 is 0 Å². The van der Waals surface area contributed by atoms with Crippen LogP contribution in [0.1, 0.15) is 31.7 Å². The first-order valence-corrected chi connectivity index (χ1v) is 6.88. The summed E-state index contributed by atoms with van der Waals surface area (Å²) in [6, 6.07) is 0. The molecule has 1 unspecified atom stereocenters. The molecule has 0 spiro atoms. The zero-order valence-electron chi connectivity index (χ0n) is 12.2. The lowest BCUT2D eigenvalue weighted by Gasteiger charge is -2.25. The Morgan fingerprint density at radius 1 is 1.55 bits per heavy atom. The van der Waals surface area contributed by atoms with Gasteiger partial charge >= 0.3 is 5.97 Å². The number of ether oxygens (including phenoxy) is 1. The number of carbonyl (C=O) groups is 1. The molecular weight excluding hydrogens is 258 g/mol. The molecule has 1 saturated heterocycles. The number of hydrogen-bond acceptors (Lipinski definition) is 5. The van der Waals surface area contributed by atoms with Gasteiger partial charge in [-0.15, -0.1) is 0 Å². The molecule has 0 aromatic carbocycles. The van der Waals surface area contributed by atoms with Crippen LogP contribution in [-0.2, 0) is 4.79 Å². The molecule has 1 aliphatic rings. The number of methoxy groups -OCH3 is 1. The number of anilines is 1. The first kappa shape index (κ1) is 14.6. The summed E-state index contributed by atoms with van der Waals surface area (Å²) in [7, 11) is 1.57. The van der Waals surface area contributed by atoms with Crippen molar-refractivity contribution in [1.82, 2.24) is 9.97 Å². The Bertz CT molecular complexity index is 506. The van der Waals surface area contributed by atoms with Crippen molar-refractivity contribution in [3.05, 3.63) is 11.9 Å². The van der Waals surface area contributed by atoms with Crippen molar-refractivity contribution in [3.8, 4) is 5.88 Å². The van der Waals surface area contributed by atoms with Crippen LogP contribution in [0.2, 0.25) is 0 Å². The molecule has 1 aliphatic heterocycles. The first-order chi connectivity index (χ1) is 9.54. The molecule has 1 N–H and O–H groups in total. The van der Waals surface area contributed by atoms with Gasteiger partial charge in [0, 0.05) is 13.1 Å². The highest BCUT2D eigenvalue weighted by atomic mass is 16.5. The first-order valence-electron chi connectivity index (χ1n) is 6.88. The monoisotopic (exact) mass is 279 g/mol. The Labute approximate surface area is 118 Å². The summed E-state index contributed by atoms with van der Waals surface area (Å²) in [5, 5.41) is 9.55. The molecule has 6 nitrogen and oxygen atoms in total. The Balaban J connectivity index is 2.27. The Kier molecular flexibility index (Phi) is 4.11. The topological polar surface area (TPSA) is 75.5 Å². The maximum atomic E-state index is 11.6. The van der Waals surface area contributed by atoms with E-state index in [1.807, 2.05) is 18.7 Å². The lowest BCUT2D eigenvalue weighted by molar-refractivity contribution is -0.148. The average Bonchev–Trinajstić information content (AvgIpc) is 2.85. The molecule has 1 aromatic heterocycles. The third-order valence-electron chi connectivity index (χ3n) is 4.04. The molecular formula is C14H21N3O3. The van der Waals surface area contributed by atoms with Gasteiger partial charge in [-0.3, -0.25) is 4.79 Å². The van der Waals surface area contributed by atoms with Crippen molar-refractivity contribution in [2.24, 2.45) is 5.41 Å². The number of nitrogens with zero attached hydrogens (tertiary/aromatic N) is 3. The number of carboxylic acids is 1. The molecule has 2 heterocycles. The van der Waals surface area contributed by atoms with E-state index >= 15 is 0 Å². The maximum absolute atomic E-state index is 11.6. The standard InChI is InChI=1S/C14H21N3O3/c1-4-5-14(13(18)19)6-7-17(8-14)11-10(2)12(20-3)16-9-15-11/h9H,4-8H2,1-3H3,(H,18,19). The van der Waals surface area contributed by atoms with Gasteiger partial charge in [0.25, 0.3) is 0 Å². The lowest BCUT2D eigenvalue weighted by atomic mass is 9.83. The van der Waals surface area contributed by atoms with Crippen LogP contribution in [0.5, 0.6) is 5.88 Å². The minimum Gasteiger partial charge on any atom is -0.481 e. The van der Waals surface area contributed by atoms with Crippen LogP contribution in [0.15, 0.2) is 6.33 Å². The summed E-state index contributed by atoms with van der Waals surface area (Å²) >= 11 is 0. The van der Waals surface area contributed by atoms with E-state index < -0.39 is 11.4 Å². The van der Waals surface area contributed by atoms with Crippen molar-refractivity contribution >= 4 is 11.8 Å². The highest BCUT2D eigenvalue weighted by molar-refractivity contribution is 5.76. The Morgan fingerprint density at radius 2 is 2.30 bits per heavy atom. The zero-order chi connectivity index (χ0) is 14.8. The summed E-state index contributed by atoms with van der Waals surface area (Å²) in [4.78, 5) is 22.0. The van der Waals surface area contributed by atoms with Gasteiger partial charge in [0.05, 0.1) is 18.1 Å². The lowest BCUT2D eigenvalue weighted by Crippen LogP contribution is -2.35. The number of rotatable bonds is 5. The Morgan fingerprint density at radius 3 is 2.90 bits per heavy atom. The summed E-state index contributed by atoms with van der Waals surface area (Å²) in [6.45, 7) is 5.12. The summed E-state index contributed by atoms with van der Waals surface area (Å²) in [5.41, 5.74) is 0.201. The van der Waals surface area contributed by atoms with Gasteiger partial charge in [-0.05, 0) is 19.8 Å². The molecule has 6 heteroatoms. The fraction of sp³-hybridized carbons (Fsp3) is 0.643. The minimum atomic E-state index is -0.708. The van der Waals surface area contributed by atoms with Crippen LogP contribution in [0.3, 0.4) is 0 Å². The van der Waals surface area contributed by atoms with E-state index in [1.165, 1.54) is 6.33 Å². The predicted octanol–water partition coefficient (Wildman–Crippen LogP) is 1.87. The highest BCUT2D eigenvalue weighted by Crippen LogP contribution is 2.38. The molecule has 0 saturated carbocycles. The van der Waals surface area contributed by atoms with Crippen LogP contribution in [0.4, 0.5) is 5.82 Å². The molecule has 0 aliphatic carbocycles. The third kappa shape index (κ3) is 2.42. The molecule has 1 atom stereocenters. The van der Waals surface area contributed by atoms with Crippen LogP contribution in [0.25, 0.3) is 0 Å². The summed E-state index contributed by atoms with van der Waals surface area (Å²) < 4.78 is 5.20. The summed E-state index contributed by atoms with van der Waals surface area (Å²) in [6.07, 6.45) is 3.68. The number of aromatic nitrogens is 2. The van der Waals surface area contributed by atoms with E-state index in [0.29, 0.717) is 31.8 Å². The second kappa shape index (κ2) is 5.64. The van der Waals surface area contributed by atoms with Gasteiger partial charge in [-0.25, -0.2) is 9.97 Å². The molecule has 1 aromatic rings.